The Bertz CT molecular complexity index is 430. The molecule has 0 aromatic carbocycles. The third kappa shape index (κ3) is 4.29. The van der Waals surface area contributed by atoms with E-state index in [1.165, 1.54) is 6.42 Å². The average Bonchev–Trinajstić information content (AvgIpc) is 2.40. The Morgan fingerprint density at radius 1 is 1.63 bits per heavy atom. The van der Waals surface area contributed by atoms with Gasteiger partial charge in [-0.3, -0.25) is 0 Å². The first-order valence-electron chi connectivity index (χ1n) is 6.59. The second kappa shape index (κ2) is 6.63. The molecule has 1 unspecified atom stereocenters. The first kappa shape index (κ1) is 14.0. The molecular formula is C14H20N2O3. The molecule has 1 atom stereocenters. The number of ether oxygens (including phenoxy) is 1. The van der Waals surface area contributed by atoms with E-state index < -0.39 is 5.97 Å². The van der Waals surface area contributed by atoms with Crippen molar-refractivity contribution in [1.29, 1.82) is 0 Å². The summed E-state index contributed by atoms with van der Waals surface area (Å²) in [6.07, 6.45) is 3.90. The first-order chi connectivity index (χ1) is 9.15. The van der Waals surface area contributed by atoms with E-state index in [1.807, 2.05) is 6.07 Å². The molecule has 2 heterocycles. The van der Waals surface area contributed by atoms with Crippen LogP contribution in [0.5, 0.6) is 0 Å². The molecule has 5 nitrogen and oxygen atoms in total. The summed E-state index contributed by atoms with van der Waals surface area (Å²) < 4.78 is 5.47. The van der Waals surface area contributed by atoms with Crippen LogP contribution in [0.15, 0.2) is 18.3 Å². The number of nitrogens with zero attached hydrogens (tertiary/aromatic N) is 2. The quantitative estimate of drug-likeness (QED) is 0.876. The normalized spacial score (nSPS) is 19.6. The van der Waals surface area contributed by atoms with Gasteiger partial charge in [0.1, 0.15) is 5.69 Å². The highest BCUT2D eigenvalue weighted by Crippen LogP contribution is 2.15. The highest BCUT2D eigenvalue weighted by atomic mass is 16.5. The summed E-state index contributed by atoms with van der Waals surface area (Å²) in [6.45, 7) is 3.43. The lowest BCUT2D eigenvalue weighted by Crippen LogP contribution is -2.30. The molecule has 1 aliphatic rings. The maximum Gasteiger partial charge on any atom is 0.354 e. The number of pyridine rings is 1. The third-order valence-electron chi connectivity index (χ3n) is 3.32. The van der Waals surface area contributed by atoms with Crippen LogP contribution >= 0.6 is 0 Å². The summed E-state index contributed by atoms with van der Waals surface area (Å²) in [4.78, 5) is 16.9. The van der Waals surface area contributed by atoms with Crippen molar-refractivity contribution in [2.75, 3.05) is 26.8 Å². The Kier molecular flexibility index (Phi) is 4.87. The van der Waals surface area contributed by atoms with Gasteiger partial charge < -0.3 is 14.7 Å². The molecule has 1 aromatic rings. The fraction of sp³-hybridized carbons (Fsp3) is 0.571. The predicted molar refractivity (Wildman–Crippen MR) is 71.1 cm³/mol. The molecule has 5 heteroatoms. The maximum absolute atomic E-state index is 10.9. The van der Waals surface area contributed by atoms with E-state index >= 15 is 0 Å². The van der Waals surface area contributed by atoms with Gasteiger partial charge in [-0.1, -0.05) is 0 Å². The largest absolute Gasteiger partial charge is 0.477 e. The summed E-state index contributed by atoms with van der Waals surface area (Å²) in [5.74, 6) is -0.398. The van der Waals surface area contributed by atoms with Crippen molar-refractivity contribution in [3.05, 3.63) is 29.6 Å². The van der Waals surface area contributed by atoms with Gasteiger partial charge in [-0.25, -0.2) is 9.78 Å². The molecular weight excluding hydrogens is 244 g/mol. The van der Waals surface area contributed by atoms with Gasteiger partial charge in [-0.05, 0) is 43.5 Å². The molecule has 0 aliphatic carbocycles. The van der Waals surface area contributed by atoms with Crippen LogP contribution in [0.4, 0.5) is 0 Å². The smallest absolute Gasteiger partial charge is 0.354 e. The zero-order chi connectivity index (χ0) is 13.7. The fourth-order valence-corrected chi connectivity index (χ4v) is 2.46. The van der Waals surface area contributed by atoms with E-state index in [0.717, 1.165) is 38.3 Å². The first-order valence-corrected chi connectivity index (χ1v) is 6.59. The van der Waals surface area contributed by atoms with Crippen LogP contribution in [-0.4, -0.2) is 47.8 Å². The lowest BCUT2D eigenvalue weighted by Gasteiger charge is -2.27. The molecule has 19 heavy (non-hydrogen) atoms. The predicted octanol–water partition coefficient (Wildman–Crippen LogP) is 1.64. The molecule has 0 saturated carbocycles. The molecule has 1 aromatic heterocycles. The van der Waals surface area contributed by atoms with Crippen molar-refractivity contribution in [2.24, 2.45) is 5.92 Å². The van der Waals surface area contributed by atoms with Crippen molar-refractivity contribution in [2.45, 2.75) is 19.4 Å². The Labute approximate surface area is 113 Å². The highest BCUT2D eigenvalue weighted by molar-refractivity contribution is 5.85. The van der Waals surface area contributed by atoms with E-state index in [-0.39, 0.29) is 5.69 Å². The molecule has 1 fully saturated rings. The Morgan fingerprint density at radius 3 is 3.16 bits per heavy atom. The number of carbonyl (C=O) groups is 1. The Morgan fingerprint density at radius 2 is 2.47 bits per heavy atom. The Hall–Kier alpha value is -1.46. The Balaban J connectivity index is 1.88. The summed E-state index contributed by atoms with van der Waals surface area (Å²) in [7, 11) is 2.05. The van der Waals surface area contributed by atoms with E-state index in [4.69, 9.17) is 9.84 Å². The standard InChI is InChI=1S/C14H20N2O3/c1-16(9-12-3-2-6-19-10-12)8-11-4-5-15-13(7-11)14(17)18/h4-5,7,12H,2-3,6,8-10H2,1H3,(H,17,18). The zero-order valence-corrected chi connectivity index (χ0v) is 11.2. The van der Waals surface area contributed by atoms with Crippen LogP contribution < -0.4 is 0 Å². The SMILES string of the molecule is CN(Cc1ccnc(C(=O)O)c1)CC1CCCOC1. The maximum atomic E-state index is 10.9. The van der Waals surface area contributed by atoms with Crippen LogP contribution in [0.25, 0.3) is 0 Å². The molecule has 2 rings (SSSR count). The van der Waals surface area contributed by atoms with Crippen molar-refractivity contribution >= 4 is 5.97 Å². The van der Waals surface area contributed by atoms with Crippen LogP contribution in [0.1, 0.15) is 28.9 Å². The summed E-state index contributed by atoms with van der Waals surface area (Å²) in [6, 6.07) is 3.50. The second-order valence-corrected chi connectivity index (χ2v) is 5.13. The highest BCUT2D eigenvalue weighted by Gasteiger charge is 2.16. The number of rotatable bonds is 5. The number of aromatic carboxylic acids is 1. The average molecular weight is 264 g/mol. The lowest BCUT2D eigenvalue weighted by molar-refractivity contribution is 0.0411. The zero-order valence-electron chi connectivity index (χ0n) is 11.2. The van der Waals surface area contributed by atoms with Crippen LogP contribution in [0.2, 0.25) is 0 Å². The van der Waals surface area contributed by atoms with E-state index in [1.54, 1.807) is 12.3 Å². The summed E-state index contributed by atoms with van der Waals surface area (Å²) in [5.41, 5.74) is 1.08. The minimum atomic E-state index is -0.981. The molecule has 0 radical (unpaired) electrons. The van der Waals surface area contributed by atoms with Gasteiger partial charge in [-0.15, -0.1) is 0 Å². The van der Waals surface area contributed by atoms with E-state index in [2.05, 4.69) is 16.9 Å². The molecule has 104 valence electrons. The third-order valence-corrected chi connectivity index (χ3v) is 3.32. The molecule has 1 saturated heterocycles. The number of carboxylic acids is 1. The molecule has 0 spiro atoms. The molecule has 1 N–H and O–H groups in total. The summed E-state index contributed by atoms with van der Waals surface area (Å²) >= 11 is 0. The number of hydrogen-bond acceptors (Lipinski definition) is 4. The van der Waals surface area contributed by atoms with Crippen molar-refractivity contribution in [3.63, 3.8) is 0 Å². The van der Waals surface area contributed by atoms with Crippen molar-refractivity contribution in [1.82, 2.24) is 9.88 Å². The minimum Gasteiger partial charge on any atom is -0.477 e. The van der Waals surface area contributed by atoms with Gasteiger partial charge in [0.2, 0.25) is 0 Å². The monoisotopic (exact) mass is 264 g/mol. The van der Waals surface area contributed by atoms with Gasteiger partial charge in [-0.2, -0.15) is 0 Å². The van der Waals surface area contributed by atoms with Gasteiger partial charge in [0.15, 0.2) is 0 Å². The van der Waals surface area contributed by atoms with E-state index in [0.29, 0.717) is 5.92 Å². The van der Waals surface area contributed by atoms with Crippen molar-refractivity contribution in [3.8, 4) is 0 Å². The topological polar surface area (TPSA) is 62.7 Å². The van der Waals surface area contributed by atoms with Crippen LogP contribution in [0.3, 0.4) is 0 Å². The van der Waals surface area contributed by atoms with Crippen LogP contribution in [-0.2, 0) is 11.3 Å². The number of hydrogen-bond donors (Lipinski definition) is 1. The van der Waals surface area contributed by atoms with Crippen molar-refractivity contribution < 1.29 is 14.6 Å². The number of aromatic nitrogens is 1. The molecule has 0 amide bonds. The lowest BCUT2D eigenvalue weighted by atomic mass is 10.0. The van der Waals surface area contributed by atoms with Gasteiger partial charge in [0, 0.05) is 25.9 Å². The fourth-order valence-electron chi connectivity index (χ4n) is 2.46. The number of carboxylic acid groups (broad SMARTS) is 1. The second-order valence-electron chi connectivity index (χ2n) is 5.13. The minimum absolute atomic E-state index is 0.104. The van der Waals surface area contributed by atoms with E-state index in [9.17, 15) is 4.79 Å². The molecule has 1 aliphatic heterocycles. The van der Waals surface area contributed by atoms with Gasteiger partial charge >= 0.3 is 5.97 Å². The van der Waals surface area contributed by atoms with Crippen LogP contribution in [0, 0.1) is 5.92 Å². The molecule has 0 bridgehead atoms. The summed E-state index contributed by atoms with van der Waals surface area (Å²) in [5, 5.41) is 8.91. The van der Waals surface area contributed by atoms with Gasteiger partial charge in [0.25, 0.3) is 0 Å². The van der Waals surface area contributed by atoms with Gasteiger partial charge in [0.05, 0.1) is 6.61 Å².